The van der Waals surface area contributed by atoms with E-state index in [1.807, 2.05) is 48.5 Å². The second-order valence-electron chi connectivity index (χ2n) is 6.25. The van der Waals surface area contributed by atoms with E-state index in [1.54, 1.807) is 25.8 Å². The molecule has 1 heterocycles. The van der Waals surface area contributed by atoms with E-state index >= 15 is 0 Å². The number of rotatable bonds is 8. The summed E-state index contributed by atoms with van der Waals surface area (Å²) in [6, 6.07) is 15.1. The van der Waals surface area contributed by atoms with Gasteiger partial charge in [-0.3, -0.25) is 9.48 Å². The Hall–Kier alpha value is -2.99. The van der Waals surface area contributed by atoms with E-state index < -0.39 is 0 Å². The molecule has 29 heavy (non-hydrogen) atoms. The summed E-state index contributed by atoms with van der Waals surface area (Å²) >= 11 is 6.76. The molecule has 0 fully saturated rings. The monoisotopic (exact) mass is 414 g/mol. The van der Waals surface area contributed by atoms with Gasteiger partial charge in [-0.2, -0.15) is 5.10 Å². The summed E-state index contributed by atoms with van der Waals surface area (Å²) in [5.41, 5.74) is 3.13. The number of aryl methyl sites for hydroxylation is 1. The summed E-state index contributed by atoms with van der Waals surface area (Å²) in [5, 5.41) is 5.21. The molecule has 0 aliphatic carbocycles. The molecular formula is C22H23ClN2O4. The zero-order chi connectivity index (χ0) is 20.8. The molecule has 7 heteroatoms. The molecule has 0 saturated carbocycles. The van der Waals surface area contributed by atoms with Crippen molar-refractivity contribution in [2.24, 2.45) is 0 Å². The van der Waals surface area contributed by atoms with Crippen molar-refractivity contribution in [2.75, 3.05) is 20.8 Å². The molecule has 3 rings (SSSR count). The third-order valence-electron chi connectivity index (χ3n) is 4.45. The highest BCUT2D eigenvalue weighted by atomic mass is 35.5. The highest BCUT2D eigenvalue weighted by molar-refractivity contribution is 6.35. The van der Waals surface area contributed by atoms with E-state index in [-0.39, 0.29) is 12.4 Å². The van der Waals surface area contributed by atoms with E-state index in [9.17, 15) is 4.79 Å². The lowest BCUT2D eigenvalue weighted by atomic mass is 10.1. The summed E-state index contributed by atoms with van der Waals surface area (Å²) < 4.78 is 17.3. The fraction of sp³-hybridized carbons (Fsp3) is 0.273. The predicted molar refractivity (Wildman–Crippen MR) is 112 cm³/mol. The molecule has 0 atom stereocenters. The minimum absolute atomic E-state index is 0.205. The SMILES string of the molecule is CCOC(=O)CCn1nc(-c2ccc(OC)cc2)c(Cl)c1-c1ccc(OC)cc1. The van der Waals surface area contributed by atoms with Crippen LogP contribution in [0.1, 0.15) is 13.3 Å². The van der Waals surface area contributed by atoms with Gasteiger partial charge in [0.15, 0.2) is 0 Å². The highest BCUT2D eigenvalue weighted by Crippen LogP contribution is 2.37. The summed E-state index contributed by atoms with van der Waals surface area (Å²) in [7, 11) is 3.24. The molecular weight excluding hydrogens is 392 g/mol. The Morgan fingerprint density at radius 3 is 2.03 bits per heavy atom. The maximum absolute atomic E-state index is 11.9. The quantitative estimate of drug-likeness (QED) is 0.493. The number of carbonyl (C=O) groups is 1. The normalized spacial score (nSPS) is 10.6. The van der Waals surface area contributed by atoms with Crippen molar-refractivity contribution in [1.29, 1.82) is 0 Å². The zero-order valence-corrected chi connectivity index (χ0v) is 17.4. The van der Waals surface area contributed by atoms with E-state index in [1.165, 1.54) is 0 Å². The number of halogens is 1. The number of aromatic nitrogens is 2. The molecule has 3 aromatic rings. The minimum atomic E-state index is -0.272. The number of benzene rings is 2. The Labute approximate surface area is 175 Å². The first-order valence-corrected chi connectivity index (χ1v) is 9.66. The second kappa shape index (κ2) is 9.47. The molecule has 0 spiro atoms. The Balaban J connectivity index is 2.02. The van der Waals surface area contributed by atoms with Crippen LogP contribution in [0.15, 0.2) is 48.5 Å². The average molecular weight is 415 g/mol. The molecule has 2 aromatic carbocycles. The summed E-state index contributed by atoms with van der Waals surface area (Å²) in [6.45, 7) is 2.49. The Morgan fingerprint density at radius 1 is 0.966 bits per heavy atom. The molecule has 0 unspecified atom stereocenters. The maximum Gasteiger partial charge on any atom is 0.307 e. The topological polar surface area (TPSA) is 62.6 Å². The van der Waals surface area contributed by atoms with E-state index in [0.29, 0.717) is 23.9 Å². The molecule has 0 N–H and O–H groups in total. The number of methoxy groups -OCH3 is 2. The van der Waals surface area contributed by atoms with Gasteiger partial charge in [-0.15, -0.1) is 0 Å². The molecule has 0 aliphatic heterocycles. The minimum Gasteiger partial charge on any atom is -0.497 e. The van der Waals surface area contributed by atoms with Gasteiger partial charge in [-0.05, 0) is 55.5 Å². The average Bonchev–Trinajstić information content (AvgIpc) is 3.08. The third kappa shape index (κ3) is 4.71. The van der Waals surface area contributed by atoms with Gasteiger partial charge in [-0.25, -0.2) is 0 Å². The number of ether oxygens (including phenoxy) is 3. The molecule has 1 aromatic heterocycles. The smallest absolute Gasteiger partial charge is 0.307 e. The lowest BCUT2D eigenvalue weighted by molar-refractivity contribution is -0.143. The lowest BCUT2D eigenvalue weighted by Crippen LogP contribution is -2.10. The molecule has 0 saturated heterocycles. The van der Waals surface area contributed by atoms with E-state index in [4.69, 9.17) is 30.9 Å². The molecule has 0 aliphatic rings. The summed E-state index contributed by atoms with van der Waals surface area (Å²) in [6.07, 6.45) is 0.205. The maximum atomic E-state index is 11.9. The lowest BCUT2D eigenvalue weighted by Gasteiger charge is -2.09. The number of hydrogen-bond acceptors (Lipinski definition) is 5. The molecule has 0 radical (unpaired) electrons. The van der Waals surface area contributed by atoms with Gasteiger partial charge < -0.3 is 14.2 Å². The van der Waals surface area contributed by atoms with Crippen molar-refractivity contribution in [3.05, 3.63) is 53.6 Å². The fourth-order valence-corrected chi connectivity index (χ4v) is 3.34. The van der Waals surface area contributed by atoms with Crippen LogP contribution < -0.4 is 9.47 Å². The first-order valence-electron chi connectivity index (χ1n) is 9.28. The molecule has 6 nitrogen and oxygen atoms in total. The van der Waals surface area contributed by atoms with Crippen molar-refractivity contribution in [3.8, 4) is 34.0 Å². The Morgan fingerprint density at radius 2 is 1.52 bits per heavy atom. The number of esters is 1. The third-order valence-corrected chi connectivity index (χ3v) is 4.81. The first kappa shape index (κ1) is 20.7. The number of hydrogen-bond donors (Lipinski definition) is 0. The predicted octanol–water partition coefficient (Wildman–Crippen LogP) is 4.84. The van der Waals surface area contributed by atoms with Crippen molar-refractivity contribution >= 4 is 17.6 Å². The van der Waals surface area contributed by atoms with Crippen LogP contribution in [0.2, 0.25) is 5.02 Å². The van der Waals surface area contributed by atoms with Gasteiger partial charge in [0.2, 0.25) is 0 Å². The van der Waals surface area contributed by atoms with Gasteiger partial charge in [0.1, 0.15) is 17.2 Å². The van der Waals surface area contributed by atoms with Crippen LogP contribution >= 0.6 is 11.6 Å². The second-order valence-corrected chi connectivity index (χ2v) is 6.62. The van der Waals surface area contributed by atoms with E-state index in [0.717, 1.165) is 28.3 Å². The zero-order valence-electron chi connectivity index (χ0n) is 16.6. The van der Waals surface area contributed by atoms with Crippen molar-refractivity contribution in [3.63, 3.8) is 0 Å². The van der Waals surface area contributed by atoms with Crippen molar-refractivity contribution < 1.29 is 19.0 Å². The number of nitrogens with zero attached hydrogens (tertiary/aromatic N) is 2. The van der Waals surface area contributed by atoms with Crippen LogP contribution in [-0.4, -0.2) is 36.6 Å². The van der Waals surface area contributed by atoms with Crippen molar-refractivity contribution in [2.45, 2.75) is 19.9 Å². The van der Waals surface area contributed by atoms with Crippen LogP contribution in [0.25, 0.3) is 22.5 Å². The van der Waals surface area contributed by atoms with Gasteiger partial charge >= 0.3 is 5.97 Å². The van der Waals surface area contributed by atoms with Crippen LogP contribution in [0.4, 0.5) is 0 Å². The largest absolute Gasteiger partial charge is 0.497 e. The standard InChI is InChI=1S/C22H23ClN2O4/c1-4-29-19(26)13-14-25-22(16-7-11-18(28-3)12-8-16)20(23)21(24-25)15-5-9-17(27-2)10-6-15/h5-12H,4,13-14H2,1-3H3. The van der Waals surface area contributed by atoms with Gasteiger partial charge in [0.05, 0.1) is 44.5 Å². The fourth-order valence-electron chi connectivity index (χ4n) is 2.99. The Bertz CT molecular complexity index is 966. The van der Waals surface area contributed by atoms with Gasteiger partial charge in [-0.1, -0.05) is 11.6 Å². The van der Waals surface area contributed by atoms with Gasteiger partial charge in [0.25, 0.3) is 0 Å². The van der Waals surface area contributed by atoms with Crippen LogP contribution in [0, 0.1) is 0 Å². The van der Waals surface area contributed by atoms with Crippen molar-refractivity contribution in [1.82, 2.24) is 9.78 Å². The van der Waals surface area contributed by atoms with Gasteiger partial charge in [0, 0.05) is 11.1 Å². The molecule has 0 bridgehead atoms. The highest BCUT2D eigenvalue weighted by Gasteiger charge is 2.20. The molecule has 152 valence electrons. The van der Waals surface area contributed by atoms with Crippen LogP contribution in [-0.2, 0) is 16.1 Å². The summed E-state index contributed by atoms with van der Waals surface area (Å²) in [5.74, 6) is 1.23. The number of carbonyl (C=O) groups excluding carboxylic acids is 1. The first-order chi connectivity index (χ1) is 14.1. The van der Waals surface area contributed by atoms with Crippen LogP contribution in [0.5, 0.6) is 11.5 Å². The Kier molecular flexibility index (Phi) is 6.77. The molecule has 0 amide bonds. The van der Waals surface area contributed by atoms with E-state index in [2.05, 4.69) is 0 Å². The summed E-state index contributed by atoms with van der Waals surface area (Å²) in [4.78, 5) is 11.9. The van der Waals surface area contributed by atoms with Crippen LogP contribution in [0.3, 0.4) is 0 Å².